The first-order valence-corrected chi connectivity index (χ1v) is 5.78. The maximum Gasteiger partial charge on any atom is 0.287 e. The summed E-state index contributed by atoms with van der Waals surface area (Å²) < 4.78 is 26.8. The number of aryl methyl sites for hydroxylation is 2. The Labute approximate surface area is 113 Å². The number of aliphatic hydroxyl groups excluding tert-OH is 1. The molecule has 1 rings (SSSR count). The van der Waals surface area contributed by atoms with Gasteiger partial charge in [0, 0.05) is 18.7 Å². The van der Waals surface area contributed by atoms with E-state index < -0.39 is 25.0 Å². The molecule has 19 heavy (non-hydrogen) atoms. The van der Waals surface area contributed by atoms with Gasteiger partial charge in [0.15, 0.2) is 0 Å². The number of aromatic nitrogens is 2. The van der Waals surface area contributed by atoms with Crippen molar-refractivity contribution in [2.45, 2.75) is 12.8 Å². The number of hydrogen-bond acceptors (Lipinski definition) is 3. The summed E-state index contributed by atoms with van der Waals surface area (Å²) in [6.07, 6.45) is 2.49. The first kappa shape index (κ1) is 15.6. The smallest absolute Gasteiger partial charge is 0.287 e. The summed E-state index contributed by atoms with van der Waals surface area (Å²) in [5.74, 6) is -4.03. The van der Waals surface area contributed by atoms with Crippen molar-refractivity contribution in [2.75, 3.05) is 13.2 Å². The van der Waals surface area contributed by atoms with E-state index in [0.29, 0.717) is 16.4 Å². The van der Waals surface area contributed by atoms with E-state index in [-0.39, 0.29) is 0 Å². The molecule has 0 atom stereocenters. The maximum absolute atomic E-state index is 12.7. The fourth-order valence-corrected chi connectivity index (χ4v) is 1.56. The average molecular weight is 294 g/mol. The Kier molecular flexibility index (Phi) is 5.02. The highest BCUT2D eigenvalue weighted by Gasteiger charge is 2.27. The van der Waals surface area contributed by atoms with Crippen LogP contribution < -0.4 is 5.32 Å². The summed E-state index contributed by atoms with van der Waals surface area (Å²) in [6.45, 7) is -0.527. The first-order chi connectivity index (χ1) is 8.76. The Morgan fingerprint density at radius 1 is 1.63 bits per heavy atom. The average Bonchev–Trinajstić information content (AvgIpc) is 2.59. The van der Waals surface area contributed by atoms with Gasteiger partial charge in [0.05, 0.1) is 12.2 Å². The largest absolute Gasteiger partial charge is 0.390 e. The lowest BCUT2D eigenvalue weighted by Crippen LogP contribution is -2.38. The lowest BCUT2D eigenvalue weighted by molar-refractivity contribution is -0.119. The van der Waals surface area contributed by atoms with Crippen molar-refractivity contribution in [1.29, 1.82) is 0 Å². The topological polar surface area (TPSA) is 67.2 Å². The van der Waals surface area contributed by atoms with Crippen LogP contribution in [0.3, 0.4) is 0 Å². The second-order valence-electron chi connectivity index (χ2n) is 3.98. The van der Waals surface area contributed by atoms with Crippen LogP contribution in [0.5, 0.6) is 0 Å². The highest BCUT2D eigenvalue weighted by atomic mass is 35.5. The van der Waals surface area contributed by atoms with Gasteiger partial charge in [0.1, 0.15) is 11.8 Å². The Hall–Kier alpha value is -1.47. The number of amides is 1. The standard InChI is InChI=1S/C11H14ClF2N3O2/c1-7-8(10(12)17(2)16-7)3-4-9(19)15-5-11(13,14)6-18/h3-4,18H,5-6H2,1-2H3,(H,15,19)/b4-3+. The highest BCUT2D eigenvalue weighted by molar-refractivity contribution is 6.31. The molecule has 5 nitrogen and oxygen atoms in total. The van der Waals surface area contributed by atoms with Crippen LogP contribution in [0.25, 0.3) is 6.08 Å². The molecule has 0 bridgehead atoms. The molecule has 0 aliphatic rings. The van der Waals surface area contributed by atoms with Crippen LogP contribution in [-0.2, 0) is 11.8 Å². The molecule has 106 valence electrons. The normalized spacial score (nSPS) is 12.1. The Balaban J connectivity index is 2.64. The van der Waals surface area contributed by atoms with E-state index in [1.165, 1.54) is 10.8 Å². The molecule has 8 heteroatoms. The minimum Gasteiger partial charge on any atom is -0.390 e. The molecular formula is C11H14ClF2N3O2. The molecule has 0 fully saturated rings. The third-order valence-electron chi connectivity index (χ3n) is 2.35. The molecule has 1 aromatic heterocycles. The molecule has 0 aliphatic carbocycles. The van der Waals surface area contributed by atoms with Crippen LogP contribution in [0.15, 0.2) is 6.08 Å². The van der Waals surface area contributed by atoms with Crippen molar-refractivity contribution in [3.63, 3.8) is 0 Å². The van der Waals surface area contributed by atoms with Crippen molar-refractivity contribution in [2.24, 2.45) is 7.05 Å². The van der Waals surface area contributed by atoms with Gasteiger partial charge in [0.2, 0.25) is 5.91 Å². The monoisotopic (exact) mass is 293 g/mol. The number of alkyl halides is 2. The zero-order chi connectivity index (χ0) is 14.6. The van der Waals surface area contributed by atoms with Crippen LogP contribution in [-0.4, -0.2) is 39.9 Å². The Bertz CT molecular complexity index is 500. The van der Waals surface area contributed by atoms with E-state index in [1.807, 2.05) is 5.32 Å². The van der Waals surface area contributed by atoms with E-state index >= 15 is 0 Å². The summed E-state index contributed by atoms with van der Waals surface area (Å²) >= 11 is 5.93. The molecule has 0 spiro atoms. The van der Waals surface area contributed by atoms with Crippen LogP contribution in [0.1, 0.15) is 11.3 Å². The first-order valence-electron chi connectivity index (χ1n) is 5.40. The van der Waals surface area contributed by atoms with Gasteiger partial charge in [-0.05, 0) is 13.0 Å². The van der Waals surface area contributed by atoms with Crippen molar-refractivity contribution in [3.8, 4) is 0 Å². The Morgan fingerprint density at radius 3 is 2.74 bits per heavy atom. The summed E-state index contributed by atoms with van der Waals surface area (Å²) in [5.41, 5.74) is 1.17. The SMILES string of the molecule is Cc1nn(C)c(Cl)c1/C=C/C(=O)NCC(F)(F)CO. The van der Waals surface area contributed by atoms with E-state index in [4.69, 9.17) is 16.7 Å². The van der Waals surface area contributed by atoms with Gasteiger partial charge in [-0.3, -0.25) is 9.48 Å². The predicted molar refractivity (Wildman–Crippen MR) is 67.0 cm³/mol. The summed E-state index contributed by atoms with van der Waals surface area (Å²) in [5, 5.41) is 14.7. The van der Waals surface area contributed by atoms with Crippen LogP contribution >= 0.6 is 11.6 Å². The van der Waals surface area contributed by atoms with Crippen LogP contribution in [0.2, 0.25) is 5.15 Å². The molecule has 1 aromatic rings. The van der Waals surface area contributed by atoms with Crippen molar-refractivity contribution < 1.29 is 18.7 Å². The van der Waals surface area contributed by atoms with Gasteiger partial charge in [-0.15, -0.1) is 0 Å². The number of nitrogens with zero attached hydrogens (tertiary/aromatic N) is 2. The molecule has 0 saturated heterocycles. The van der Waals surface area contributed by atoms with Gasteiger partial charge in [0.25, 0.3) is 5.92 Å². The number of aliphatic hydroxyl groups is 1. The lowest BCUT2D eigenvalue weighted by atomic mass is 10.2. The van der Waals surface area contributed by atoms with Gasteiger partial charge in [-0.2, -0.15) is 5.10 Å². The predicted octanol–water partition coefficient (Wildman–Crippen LogP) is 1.14. The Morgan fingerprint density at radius 2 is 2.26 bits per heavy atom. The van der Waals surface area contributed by atoms with Gasteiger partial charge < -0.3 is 10.4 Å². The molecule has 0 radical (unpaired) electrons. The number of halogens is 3. The third-order valence-corrected chi connectivity index (χ3v) is 2.80. The lowest BCUT2D eigenvalue weighted by Gasteiger charge is -2.12. The van der Waals surface area contributed by atoms with Crippen molar-refractivity contribution >= 4 is 23.6 Å². The van der Waals surface area contributed by atoms with E-state index in [0.717, 1.165) is 6.08 Å². The molecule has 1 amide bonds. The number of carbonyl (C=O) groups is 1. The van der Waals surface area contributed by atoms with Crippen LogP contribution in [0, 0.1) is 6.92 Å². The van der Waals surface area contributed by atoms with Gasteiger partial charge in [-0.25, -0.2) is 8.78 Å². The molecular weight excluding hydrogens is 280 g/mol. The minimum absolute atomic E-state index is 0.349. The van der Waals surface area contributed by atoms with E-state index in [1.54, 1.807) is 14.0 Å². The van der Waals surface area contributed by atoms with Gasteiger partial charge >= 0.3 is 0 Å². The molecule has 0 saturated carbocycles. The number of carbonyl (C=O) groups excluding carboxylic acids is 1. The molecule has 0 aromatic carbocycles. The maximum atomic E-state index is 12.7. The number of rotatable bonds is 5. The fourth-order valence-electron chi connectivity index (χ4n) is 1.33. The summed E-state index contributed by atoms with van der Waals surface area (Å²) in [6, 6.07) is 0. The molecule has 2 N–H and O–H groups in total. The molecule has 0 aliphatic heterocycles. The molecule has 1 heterocycles. The fraction of sp³-hybridized carbons (Fsp3) is 0.455. The molecule has 0 unspecified atom stereocenters. The minimum atomic E-state index is -3.33. The van der Waals surface area contributed by atoms with E-state index in [2.05, 4.69) is 5.10 Å². The summed E-state index contributed by atoms with van der Waals surface area (Å²) in [7, 11) is 1.65. The quantitative estimate of drug-likeness (QED) is 0.800. The zero-order valence-corrected chi connectivity index (χ0v) is 11.2. The van der Waals surface area contributed by atoms with Crippen molar-refractivity contribution in [1.82, 2.24) is 15.1 Å². The zero-order valence-electron chi connectivity index (χ0n) is 10.5. The van der Waals surface area contributed by atoms with E-state index in [9.17, 15) is 13.6 Å². The second kappa shape index (κ2) is 6.12. The van der Waals surface area contributed by atoms with Gasteiger partial charge in [-0.1, -0.05) is 11.6 Å². The number of hydrogen-bond donors (Lipinski definition) is 2. The van der Waals surface area contributed by atoms with Crippen molar-refractivity contribution in [3.05, 3.63) is 22.5 Å². The van der Waals surface area contributed by atoms with Crippen LogP contribution in [0.4, 0.5) is 8.78 Å². The highest BCUT2D eigenvalue weighted by Crippen LogP contribution is 2.19. The second-order valence-corrected chi connectivity index (χ2v) is 4.34. The third kappa shape index (κ3) is 4.29. The summed E-state index contributed by atoms with van der Waals surface area (Å²) in [4.78, 5) is 11.3. The number of nitrogens with one attached hydrogen (secondary N) is 1.